The second-order valence-corrected chi connectivity index (χ2v) is 4.91. The highest BCUT2D eigenvalue weighted by molar-refractivity contribution is 5.89. The molecule has 2 rings (SSSR count). The van der Waals surface area contributed by atoms with Gasteiger partial charge >= 0.3 is 6.16 Å². The molecule has 0 aliphatic rings. The van der Waals surface area contributed by atoms with E-state index in [1.165, 1.54) is 12.7 Å². The van der Waals surface area contributed by atoms with Crippen LogP contribution in [0.3, 0.4) is 0 Å². The number of H-pyrrole nitrogens is 1. The number of benzene rings is 1. The highest BCUT2D eigenvalue weighted by Gasteiger charge is 2.10. The third-order valence-corrected chi connectivity index (χ3v) is 3.14. The summed E-state index contributed by atoms with van der Waals surface area (Å²) >= 11 is 0. The number of carbonyl (C=O) groups excluding carboxylic acids is 1. The topological polar surface area (TPSA) is 63.8 Å². The molecule has 0 amide bonds. The molecule has 0 radical (unpaired) electrons. The number of methoxy groups -OCH3 is 1. The number of fused-ring (bicyclic) bond motifs is 1. The van der Waals surface area contributed by atoms with Gasteiger partial charge in [-0.2, -0.15) is 0 Å². The summed E-state index contributed by atoms with van der Waals surface area (Å²) in [5.74, 6) is 0.686. The van der Waals surface area contributed by atoms with Crippen molar-refractivity contribution >= 4 is 17.1 Å². The number of rotatable bonds is 6. The lowest BCUT2D eigenvalue weighted by atomic mass is 10.1. The van der Waals surface area contributed by atoms with E-state index in [2.05, 4.69) is 14.6 Å². The third-order valence-electron chi connectivity index (χ3n) is 3.14. The summed E-state index contributed by atoms with van der Waals surface area (Å²) in [7, 11) is 5.33. The molecule has 1 heterocycles. The summed E-state index contributed by atoms with van der Waals surface area (Å²) in [5, 5.41) is 1.02. The van der Waals surface area contributed by atoms with Gasteiger partial charge in [0.25, 0.3) is 0 Å². The van der Waals surface area contributed by atoms with Gasteiger partial charge in [-0.3, -0.25) is 0 Å². The van der Waals surface area contributed by atoms with Crippen LogP contribution < -0.4 is 4.74 Å². The highest BCUT2D eigenvalue weighted by Crippen LogP contribution is 2.29. The average Bonchev–Trinajstić information content (AvgIpc) is 2.89. The van der Waals surface area contributed by atoms with Crippen molar-refractivity contribution in [2.24, 2.45) is 0 Å². The van der Waals surface area contributed by atoms with Crippen molar-refractivity contribution in [1.29, 1.82) is 0 Å². The molecule has 0 atom stereocenters. The predicted molar refractivity (Wildman–Crippen MR) is 79.5 cm³/mol. The van der Waals surface area contributed by atoms with E-state index in [0.717, 1.165) is 23.9 Å². The van der Waals surface area contributed by atoms with Gasteiger partial charge in [-0.1, -0.05) is 6.07 Å². The Morgan fingerprint density at radius 3 is 2.86 bits per heavy atom. The Bertz CT molecular complexity index is 607. The number of carbonyl (C=O) groups is 1. The van der Waals surface area contributed by atoms with Crippen LogP contribution in [0.5, 0.6) is 5.75 Å². The van der Waals surface area contributed by atoms with Crippen molar-refractivity contribution in [3.63, 3.8) is 0 Å². The van der Waals surface area contributed by atoms with Crippen LogP contribution in [0, 0.1) is 0 Å². The lowest BCUT2D eigenvalue weighted by Gasteiger charge is -2.11. The van der Waals surface area contributed by atoms with Gasteiger partial charge < -0.3 is 24.1 Å². The minimum absolute atomic E-state index is 0.177. The minimum Gasteiger partial charge on any atom is -0.457 e. The Labute approximate surface area is 123 Å². The van der Waals surface area contributed by atoms with Gasteiger partial charge in [0, 0.05) is 23.6 Å². The van der Waals surface area contributed by atoms with Crippen LogP contribution in [0.2, 0.25) is 0 Å². The minimum atomic E-state index is -0.760. The predicted octanol–water partition coefficient (Wildman–Crippen LogP) is 2.39. The second kappa shape index (κ2) is 6.99. The van der Waals surface area contributed by atoms with Crippen molar-refractivity contribution < 1.29 is 19.0 Å². The number of aromatic nitrogens is 1. The first-order valence-electron chi connectivity index (χ1n) is 6.69. The molecule has 1 aromatic carbocycles. The Balaban J connectivity index is 2.14. The van der Waals surface area contributed by atoms with Gasteiger partial charge in [-0.15, -0.1) is 0 Å². The van der Waals surface area contributed by atoms with Crippen molar-refractivity contribution in [3.05, 3.63) is 30.0 Å². The molecule has 0 fully saturated rings. The molecular weight excluding hydrogens is 272 g/mol. The van der Waals surface area contributed by atoms with E-state index in [4.69, 9.17) is 9.47 Å². The zero-order chi connectivity index (χ0) is 15.2. The van der Waals surface area contributed by atoms with Crippen molar-refractivity contribution in [2.45, 2.75) is 6.42 Å². The standard InChI is InChI=1S/C15H20N2O4/c1-17(2)8-7-11-9-16-12-5-4-6-13(14(11)12)20-10-21-15(18)19-3/h4-6,9,16H,7-8,10H2,1-3H3. The van der Waals surface area contributed by atoms with Crippen molar-refractivity contribution in [2.75, 3.05) is 34.5 Å². The van der Waals surface area contributed by atoms with Crippen LogP contribution in [-0.4, -0.2) is 50.6 Å². The number of likely N-dealkylation sites (N-methyl/N-ethyl adjacent to an activating group) is 1. The van der Waals surface area contributed by atoms with Gasteiger partial charge in [-0.05, 0) is 38.2 Å². The first kappa shape index (κ1) is 15.2. The van der Waals surface area contributed by atoms with Gasteiger partial charge in [0.1, 0.15) is 5.75 Å². The van der Waals surface area contributed by atoms with E-state index >= 15 is 0 Å². The Morgan fingerprint density at radius 1 is 1.33 bits per heavy atom. The maximum atomic E-state index is 10.9. The zero-order valence-electron chi connectivity index (χ0n) is 12.5. The fourth-order valence-electron chi connectivity index (χ4n) is 2.08. The van der Waals surface area contributed by atoms with Gasteiger partial charge in [0.2, 0.25) is 6.79 Å². The van der Waals surface area contributed by atoms with Gasteiger partial charge in [0.05, 0.1) is 7.11 Å². The molecule has 6 heteroatoms. The number of nitrogens with zero attached hydrogens (tertiary/aromatic N) is 1. The normalized spacial score (nSPS) is 10.9. The molecule has 21 heavy (non-hydrogen) atoms. The largest absolute Gasteiger partial charge is 0.510 e. The van der Waals surface area contributed by atoms with E-state index in [0.29, 0.717) is 5.75 Å². The van der Waals surface area contributed by atoms with Crippen LogP contribution in [0.25, 0.3) is 10.9 Å². The van der Waals surface area contributed by atoms with Gasteiger partial charge in [-0.25, -0.2) is 4.79 Å². The Kier molecular flexibility index (Phi) is 5.05. The molecule has 0 saturated carbocycles. The fourth-order valence-corrected chi connectivity index (χ4v) is 2.08. The molecule has 0 aliphatic carbocycles. The maximum Gasteiger partial charge on any atom is 0.510 e. The molecule has 2 aromatic rings. The quantitative estimate of drug-likeness (QED) is 0.654. The van der Waals surface area contributed by atoms with Crippen molar-refractivity contribution in [1.82, 2.24) is 9.88 Å². The SMILES string of the molecule is COC(=O)OCOc1cccc2[nH]cc(CCN(C)C)c12. The number of hydrogen-bond acceptors (Lipinski definition) is 5. The number of aromatic amines is 1. The molecule has 1 aromatic heterocycles. The monoisotopic (exact) mass is 292 g/mol. The van der Waals surface area contributed by atoms with Crippen LogP contribution in [0.4, 0.5) is 4.79 Å². The summed E-state index contributed by atoms with van der Waals surface area (Å²) in [4.78, 5) is 16.3. The van der Waals surface area contributed by atoms with Crippen LogP contribution >= 0.6 is 0 Å². The van der Waals surface area contributed by atoms with Crippen LogP contribution in [0.15, 0.2) is 24.4 Å². The summed E-state index contributed by atoms with van der Waals surface area (Å²) in [6, 6.07) is 5.74. The average molecular weight is 292 g/mol. The Morgan fingerprint density at radius 2 is 2.14 bits per heavy atom. The zero-order valence-corrected chi connectivity index (χ0v) is 12.5. The highest BCUT2D eigenvalue weighted by atomic mass is 16.8. The van der Waals surface area contributed by atoms with Gasteiger partial charge in [0.15, 0.2) is 0 Å². The number of ether oxygens (including phenoxy) is 3. The molecule has 1 N–H and O–H groups in total. The van der Waals surface area contributed by atoms with E-state index in [1.807, 2.05) is 38.5 Å². The molecule has 0 unspecified atom stereocenters. The molecule has 114 valence electrons. The second-order valence-electron chi connectivity index (χ2n) is 4.91. The third kappa shape index (κ3) is 3.88. The summed E-state index contributed by atoms with van der Waals surface area (Å²) in [6.07, 6.45) is 2.14. The first-order valence-corrected chi connectivity index (χ1v) is 6.69. The molecule has 6 nitrogen and oxygen atoms in total. The van der Waals surface area contributed by atoms with Crippen LogP contribution in [-0.2, 0) is 15.9 Å². The first-order chi connectivity index (χ1) is 10.1. The summed E-state index contributed by atoms with van der Waals surface area (Å²) in [6.45, 7) is 0.768. The fraction of sp³-hybridized carbons (Fsp3) is 0.400. The number of hydrogen-bond donors (Lipinski definition) is 1. The summed E-state index contributed by atoms with van der Waals surface area (Å²) in [5.41, 5.74) is 2.17. The molecular formula is C15H20N2O4. The van der Waals surface area contributed by atoms with E-state index in [9.17, 15) is 4.79 Å². The van der Waals surface area contributed by atoms with E-state index < -0.39 is 6.16 Å². The van der Waals surface area contributed by atoms with Crippen LogP contribution in [0.1, 0.15) is 5.56 Å². The molecule has 0 aliphatic heterocycles. The lowest BCUT2D eigenvalue weighted by Crippen LogP contribution is -2.15. The smallest absolute Gasteiger partial charge is 0.457 e. The molecule has 0 saturated heterocycles. The molecule has 0 spiro atoms. The number of nitrogens with one attached hydrogen (secondary N) is 1. The van der Waals surface area contributed by atoms with E-state index in [1.54, 1.807) is 0 Å². The van der Waals surface area contributed by atoms with E-state index in [-0.39, 0.29) is 6.79 Å². The lowest BCUT2D eigenvalue weighted by molar-refractivity contribution is 0.0156. The summed E-state index contributed by atoms with van der Waals surface area (Å²) < 4.78 is 14.7. The molecule has 0 bridgehead atoms. The van der Waals surface area contributed by atoms with Crippen molar-refractivity contribution in [3.8, 4) is 5.75 Å². The maximum absolute atomic E-state index is 10.9. The Hall–Kier alpha value is -2.21.